The first-order valence-electron chi connectivity index (χ1n) is 5.43. The fourth-order valence-corrected chi connectivity index (χ4v) is 1.85. The number of aryl methyl sites for hydroxylation is 1. The lowest BCUT2D eigenvalue weighted by atomic mass is 10.0. The number of ether oxygens (including phenoxy) is 2. The van der Waals surface area contributed by atoms with Crippen molar-refractivity contribution in [1.29, 1.82) is 0 Å². The minimum atomic E-state index is 0.376. The van der Waals surface area contributed by atoms with Crippen molar-refractivity contribution in [2.24, 2.45) is 5.73 Å². The van der Waals surface area contributed by atoms with Crippen LogP contribution < -0.4 is 10.5 Å². The van der Waals surface area contributed by atoms with Crippen LogP contribution in [-0.2, 0) is 17.8 Å². The number of unbranched alkanes of at least 4 members (excludes halogenated alkanes) is 1. The molecule has 0 saturated heterocycles. The van der Waals surface area contributed by atoms with Crippen LogP contribution in [0.1, 0.15) is 24.0 Å². The molecule has 0 atom stereocenters. The lowest BCUT2D eigenvalue weighted by molar-refractivity contribution is -0.0170. The van der Waals surface area contributed by atoms with Gasteiger partial charge in [0, 0.05) is 5.56 Å². The van der Waals surface area contributed by atoms with Gasteiger partial charge in [0.25, 0.3) is 0 Å². The Morgan fingerprint density at radius 2 is 2.20 bits per heavy atom. The van der Waals surface area contributed by atoms with Crippen LogP contribution in [0, 0.1) is 0 Å². The number of para-hydroxylation sites is 1. The van der Waals surface area contributed by atoms with Gasteiger partial charge in [-0.15, -0.1) is 0 Å². The average molecular weight is 207 g/mol. The minimum absolute atomic E-state index is 0.376. The molecule has 2 rings (SSSR count). The molecule has 1 aliphatic rings. The Labute approximate surface area is 90.2 Å². The highest BCUT2D eigenvalue weighted by Crippen LogP contribution is 2.28. The van der Waals surface area contributed by atoms with Crippen molar-refractivity contribution in [3.8, 4) is 5.75 Å². The Bertz CT molecular complexity index is 325. The summed E-state index contributed by atoms with van der Waals surface area (Å²) in [5.41, 5.74) is 7.92. The lowest BCUT2D eigenvalue weighted by Crippen LogP contribution is -2.13. The zero-order valence-electron chi connectivity index (χ0n) is 8.87. The molecule has 0 saturated carbocycles. The van der Waals surface area contributed by atoms with E-state index in [0.717, 1.165) is 37.1 Å². The van der Waals surface area contributed by atoms with Gasteiger partial charge in [0.15, 0.2) is 6.79 Å². The molecule has 0 bridgehead atoms. The molecule has 3 heteroatoms. The van der Waals surface area contributed by atoms with E-state index in [1.165, 1.54) is 5.56 Å². The van der Waals surface area contributed by atoms with Gasteiger partial charge in [-0.3, -0.25) is 0 Å². The zero-order valence-corrected chi connectivity index (χ0v) is 8.87. The average Bonchev–Trinajstić information content (AvgIpc) is 2.30. The van der Waals surface area contributed by atoms with E-state index in [-0.39, 0.29) is 0 Å². The number of benzene rings is 1. The van der Waals surface area contributed by atoms with Gasteiger partial charge < -0.3 is 15.2 Å². The van der Waals surface area contributed by atoms with Gasteiger partial charge >= 0.3 is 0 Å². The second-order valence-electron chi connectivity index (χ2n) is 3.76. The topological polar surface area (TPSA) is 44.5 Å². The molecule has 2 N–H and O–H groups in total. The van der Waals surface area contributed by atoms with Crippen LogP contribution in [0.5, 0.6) is 5.75 Å². The second-order valence-corrected chi connectivity index (χ2v) is 3.76. The van der Waals surface area contributed by atoms with Crippen molar-refractivity contribution in [2.75, 3.05) is 13.3 Å². The lowest BCUT2D eigenvalue weighted by Gasteiger charge is -2.20. The standard InChI is InChI=1S/C12H17NO2/c13-7-2-1-4-10-5-3-6-11-8-14-9-15-12(10)11/h3,5-6H,1-2,4,7-9,13H2. The number of rotatable bonds is 4. The molecule has 0 radical (unpaired) electrons. The molecule has 15 heavy (non-hydrogen) atoms. The van der Waals surface area contributed by atoms with Crippen molar-refractivity contribution in [3.05, 3.63) is 29.3 Å². The summed E-state index contributed by atoms with van der Waals surface area (Å²) in [5.74, 6) is 1.03. The smallest absolute Gasteiger partial charge is 0.189 e. The fraction of sp³-hybridized carbons (Fsp3) is 0.500. The maximum Gasteiger partial charge on any atom is 0.189 e. The van der Waals surface area contributed by atoms with Crippen LogP contribution in [0.15, 0.2) is 18.2 Å². The van der Waals surface area contributed by atoms with Crippen molar-refractivity contribution in [1.82, 2.24) is 0 Å². The molecule has 0 spiro atoms. The first-order chi connectivity index (χ1) is 7.42. The predicted molar refractivity (Wildman–Crippen MR) is 58.7 cm³/mol. The molecule has 82 valence electrons. The summed E-state index contributed by atoms with van der Waals surface area (Å²) in [6, 6.07) is 6.25. The number of hydrogen-bond acceptors (Lipinski definition) is 3. The molecule has 3 nitrogen and oxygen atoms in total. The van der Waals surface area contributed by atoms with E-state index < -0.39 is 0 Å². The van der Waals surface area contributed by atoms with Crippen molar-refractivity contribution in [2.45, 2.75) is 25.9 Å². The van der Waals surface area contributed by atoms with Gasteiger partial charge in [-0.1, -0.05) is 18.2 Å². The van der Waals surface area contributed by atoms with Crippen molar-refractivity contribution in [3.63, 3.8) is 0 Å². The van der Waals surface area contributed by atoms with Crippen LogP contribution in [0.25, 0.3) is 0 Å². The molecule has 0 aromatic heterocycles. The summed E-state index contributed by atoms with van der Waals surface area (Å²) >= 11 is 0. The third kappa shape index (κ3) is 2.49. The van der Waals surface area contributed by atoms with E-state index >= 15 is 0 Å². The van der Waals surface area contributed by atoms with E-state index in [1.807, 2.05) is 0 Å². The molecule has 0 aliphatic carbocycles. The summed E-state index contributed by atoms with van der Waals surface area (Å²) in [6.07, 6.45) is 3.23. The Morgan fingerprint density at radius 1 is 1.27 bits per heavy atom. The maximum absolute atomic E-state index is 5.53. The number of hydrogen-bond donors (Lipinski definition) is 1. The SMILES string of the molecule is NCCCCc1cccc2c1OCOC2. The van der Waals surface area contributed by atoms with Gasteiger partial charge in [0.1, 0.15) is 5.75 Å². The largest absolute Gasteiger partial charge is 0.467 e. The summed E-state index contributed by atoms with van der Waals surface area (Å²) in [5, 5.41) is 0. The van der Waals surface area contributed by atoms with E-state index in [1.54, 1.807) is 0 Å². The maximum atomic E-state index is 5.53. The summed E-state index contributed by atoms with van der Waals surface area (Å²) in [7, 11) is 0. The Balaban J connectivity index is 2.09. The highest BCUT2D eigenvalue weighted by atomic mass is 16.7. The Hall–Kier alpha value is -1.06. The highest BCUT2D eigenvalue weighted by Gasteiger charge is 2.13. The molecule has 1 heterocycles. The van der Waals surface area contributed by atoms with Gasteiger partial charge in [-0.05, 0) is 31.4 Å². The summed E-state index contributed by atoms with van der Waals surface area (Å²) < 4.78 is 10.8. The predicted octanol–water partition coefficient (Wildman–Crippen LogP) is 1.83. The van der Waals surface area contributed by atoms with E-state index in [9.17, 15) is 0 Å². The molecule has 1 aromatic carbocycles. The van der Waals surface area contributed by atoms with Crippen LogP contribution in [0.2, 0.25) is 0 Å². The molecular formula is C12H17NO2. The van der Waals surface area contributed by atoms with Gasteiger partial charge in [0.2, 0.25) is 0 Å². The molecule has 0 unspecified atom stereocenters. The first kappa shape index (κ1) is 10.5. The van der Waals surface area contributed by atoms with Gasteiger partial charge in [-0.2, -0.15) is 0 Å². The van der Waals surface area contributed by atoms with E-state index in [4.69, 9.17) is 15.2 Å². The third-order valence-electron chi connectivity index (χ3n) is 2.62. The summed E-state index contributed by atoms with van der Waals surface area (Å²) in [6.45, 7) is 1.81. The van der Waals surface area contributed by atoms with Crippen molar-refractivity contribution < 1.29 is 9.47 Å². The second kappa shape index (κ2) is 5.14. The Kier molecular flexibility index (Phi) is 3.59. The van der Waals surface area contributed by atoms with Crippen LogP contribution >= 0.6 is 0 Å². The van der Waals surface area contributed by atoms with E-state index in [0.29, 0.717) is 13.4 Å². The molecule has 0 amide bonds. The van der Waals surface area contributed by atoms with E-state index in [2.05, 4.69) is 18.2 Å². The minimum Gasteiger partial charge on any atom is -0.467 e. The molecule has 0 fully saturated rings. The normalized spacial score (nSPS) is 14.5. The molecule has 1 aliphatic heterocycles. The highest BCUT2D eigenvalue weighted by molar-refractivity contribution is 5.41. The quantitative estimate of drug-likeness (QED) is 0.766. The van der Waals surface area contributed by atoms with Crippen molar-refractivity contribution >= 4 is 0 Å². The molecule has 1 aromatic rings. The van der Waals surface area contributed by atoms with Crippen LogP contribution in [0.3, 0.4) is 0 Å². The Morgan fingerprint density at radius 3 is 3.07 bits per heavy atom. The zero-order chi connectivity index (χ0) is 10.5. The summed E-state index contributed by atoms with van der Waals surface area (Å²) in [4.78, 5) is 0. The van der Waals surface area contributed by atoms with Crippen LogP contribution in [-0.4, -0.2) is 13.3 Å². The third-order valence-corrected chi connectivity index (χ3v) is 2.62. The van der Waals surface area contributed by atoms with Crippen LogP contribution in [0.4, 0.5) is 0 Å². The molecular weight excluding hydrogens is 190 g/mol. The first-order valence-corrected chi connectivity index (χ1v) is 5.43. The van der Waals surface area contributed by atoms with Gasteiger partial charge in [0.05, 0.1) is 6.61 Å². The van der Waals surface area contributed by atoms with Gasteiger partial charge in [-0.25, -0.2) is 0 Å². The number of nitrogens with two attached hydrogens (primary N) is 1. The number of fused-ring (bicyclic) bond motifs is 1. The fourth-order valence-electron chi connectivity index (χ4n) is 1.85. The monoisotopic (exact) mass is 207 g/mol.